The van der Waals surface area contributed by atoms with E-state index in [1.54, 1.807) is 13.8 Å². The van der Waals surface area contributed by atoms with Gasteiger partial charge >= 0.3 is 5.97 Å². The molecule has 0 aromatic heterocycles. The molecule has 0 rings (SSSR count). The normalized spacial score (nSPS) is 11.1. The van der Waals surface area contributed by atoms with Gasteiger partial charge < -0.3 is 10.5 Å². The van der Waals surface area contributed by atoms with Crippen LogP contribution in [0.3, 0.4) is 0 Å². The van der Waals surface area contributed by atoms with Crippen molar-refractivity contribution in [3.8, 4) is 0 Å². The Balaban J connectivity index is 3.60. The van der Waals surface area contributed by atoms with E-state index in [0.29, 0.717) is 0 Å². The lowest BCUT2D eigenvalue weighted by Crippen LogP contribution is -2.34. The number of carbonyl (C=O) groups excluding carboxylic acids is 1. The fourth-order valence-electron chi connectivity index (χ4n) is 0.444. The molecule has 0 bridgehead atoms. The Morgan fingerprint density at radius 2 is 2.11 bits per heavy atom. The van der Waals surface area contributed by atoms with Crippen molar-refractivity contribution in [3.05, 3.63) is 0 Å². The molecule has 0 amide bonds. The van der Waals surface area contributed by atoms with Crippen LogP contribution in [-0.4, -0.2) is 18.6 Å². The Morgan fingerprint density at radius 3 is 2.22 bits per heavy atom. The van der Waals surface area contributed by atoms with E-state index in [2.05, 4.69) is 4.74 Å². The Bertz CT molecular complexity index is 104. The van der Waals surface area contributed by atoms with E-state index < -0.39 is 5.54 Å². The lowest BCUT2D eigenvalue weighted by molar-refractivity contribution is -0.141. The third-order valence-electron chi connectivity index (χ3n) is 0.828. The fraction of sp³-hybridized carbons (Fsp3) is 0.833. The lowest BCUT2D eigenvalue weighted by atomic mass is 10.0. The molecule has 0 aromatic rings. The monoisotopic (exact) mass is 131 g/mol. The van der Waals surface area contributed by atoms with Gasteiger partial charge in [-0.2, -0.15) is 0 Å². The molecule has 54 valence electrons. The highest BCUT2D eigenvalue weighted by Gasteiger charge is 2.15. The zero-order valence-electron chi connectivity index (χ0n) is 6.10. The second-order valence-electron chi connectivity index (χ2n) is 2.74. The van der Waals surface area contributed by atoms with Crippen molar-refractivity contribution in [1.82, 2.24) is 0 Å². The van der Waals surface area contributed by atoms with Crippen molar-refractivity contribution in [2.24, 2.45) is 5.73 Å². The molecule has 0 aliphatic carbocycles. The van der Waals surface area contributed by atoms with Gasteiger partial charge in [-0.05, 0) is 13.8 Å². The molecular weight excluding hydrogens is 118 g/mol. The smallest absolute Gasteiger partial charge is 0.307 e. The predicted molar refractivity (Wildman–Crippen MR) is 34.9 cm³/mol. The van der Waals surface area contributed by atoms with Crippen LogP contribution in [0.4, 0.5) is 0 Å². The molecule has 0 aliphatic heterocycles. The van der Waals surface area contributed by atoms with Crippen LogP contribution in [0.15, 0.2) is 0 Å². The number of ether oxygens (including phenoxy) is 1. The van der Waals surface area contributed by atoms with Crippen LogP contribution < -0.4 is 5.73 Å². The van der Waals surface area contributed by atoms with Gasteiger partial charge in [-0.15, -0.1) is 0 Å². The molecule has 0 saturated heterocycles. The summed E-state index contributed by atoms with van der Waals surface area (Å²) in [7, 11) is 1.36. The predicted octanol–water partition coefficient (Wildman–Crippen LogP) is 0.287. The number of methoxy groups -OCH3 is 1. The Hall–Kier alpha value is -0.570. The van der Waals surface area contributed by atoms with Crippen molar-refractivity contribution < 1.29 is 9.53 Å². The van der Waals surface area contributed by atoms with Crippen LogP contribution in [-0.2, 0) is 9.53 Å². The van der Waals surface area contributed by atoms with E-state index in [1.165, 1.54) is 7.11 Å². The van der Waals surface area contributed by atoms with Crippen molar-refractivity contribution in [2.45, 2.75) is 25.8 Å². The number of esters is 1. The molecule has 0 atom stereocenters. The first-order chi connectivity index (χ1) is 3.95. The number of carbonyl (C=O) groups is 1. The average molecular weight is 131 g/mol. The number of nitrogens with two attached hydrogens (primary N) is 1. The standard InChI is InChI=1S/C6H13NO2/c1-6(2,7)4-5(8)9-3/h4,7H2,1-3H3. The molecule has 2 N–H and O–H groups in total. The highest BCUT2D eigenvalue weighted by molar-refractivity contribution is 5.70. The highest BCUT2D eigenvalue weighted by Crippen LogP contribution is 2.03. The minimum atomic E-state index is -0.451. The molecule has 0 heterocycles. The van der Waals surface area contributed by atoms with Gasteiger partial charge in [-0.1, -0.05) is 0 Å². The topological polar surface area (TPSA) is 52.3 Å². The van der Waals surface area contributed by atoms with E-state index in [-0.39, 0.29) is 12.4 Å². The molecule has 0 fully saturated rings. The van der Waals surface area contributed by atoms with Crippen LogP contribution in [0, 0.1) is 0 Å². The van der Waals surface area contributed by atoms with Gasteiger partial charge in [0.1, 0.15) is 0 Å². The molecule has 0 saturated carbocycles. The molecule has 0 aromatic carbocycles. The first-order valence-corrected chi connectivity index (χ1v) is 2.81. The second-order valence-corrected chi connectivity index (χ2v) is 2.74. The van der Waals surface area contributed by atoms with Crippen LogP contribution in [0.1, 0.15) is 20.3 Å². The van der Waals surface area contributed by atoms with Crippen LogP contribution >= 0.6 is 0 Å². The summed E-state index contributed by atoms with van der Waals surface area (Å²) < 4.78 is 4.41. The van der Waals surface area contributed by atoms with Gasteiger partial charge in [-0.3, -0.25) is 4.79 Å². The van der Waals surface area contributed by atoms with E-state index in [9.17, 15) is 4.79 Å². The van der Waals surface area contributed by atoms with Crippen molar-refractivity contribution in [1.29, 1.82) is 0 Å². The molecule has 0 radical (unpaired) electrons. The summed E-state index contributed by atoms with van der Waals surface area (Å²) in [5.41, 5.74) is 5.06. The van der Waals surface area contributed by atoms with Gasteiger partial charge in [-0.25, -0.2) is 0 Å². The summed E-state index contributed by atoms with van der Waals surface area (Å²) in [6.07, 6.45) is 0.267. The van der Waals surface area contributed by atoms with E-state index in [4.69, 9.17) is 5.73 Å². The number of hydrogen-bond donors (Lipinski definition) is 1. The van der Waals surface area contributed by atoms with Crippen LogP contribution in [0.2, 0.25) is 0 Å². The number of rotatable bonds is 2. The Morgan fingerprint density at radius 1 is 1.67 bits per heavy atom. The summed E-state index contributed by atoms with van der Waals surface area (Å²) in [6, 6.07) is 0. The summed E-state index contributed by atoms with van der Waals surface area (Å²) in [6.45, 7) is 3.56. The summed E-state index contributed by atoms with van der Waals surface area (Å²) in [4.78, 5) is 10.5. The van der Waals surface area contributed by atoms with Gasteiger partial charge in [0.2, 0.25) is 0 Å². The molecule has 3 nitrogen and oxygen atoms in total. The SMILES string of the molecule is COC(=O)CC(C)(C)N. The minimum Gasteiger partial charge on any atom is -0.469 e. The molecule has 0 aliphatic rings. The van der Waals surface area contributed by atoms with E-state index >= 15 is 0 Å². The Labute approximate surface area is 55.2 Å². The molecule has 0 spiro atoms. The third-order valence-corrected chi connectivity index (χ3v) is 0.828. The largest absolute Gasteiger partial charge is 0.469 e. The van der Waals surface area contributed by atoms with Crippen molar-refractivity contribution in [2.75, 3.05) is 7.11 Å². The molecule has 0 unspecified atom stereocenters. The average Bonchev–Trinajstić information content (AvgIpc) is 1.62. The summed E-state index contributed by atoms with van der Waals surface area (Å²) >= 11 is 0. The zero-order chi connectivity index (χ0) is 7.49. The Kier molecular flexibility index (Phi) is 2.65. The van der Waals surface area contributed by atoms with Gasteiger partial charge in [0, 0.05) is 5.54 Å². The maximum Gasteiger partial charge on any atom is 0.307 e. The highest BCUT2D eigenvalue weighted by atomic mass is 16.5. The van der Waals surface area contributed by atoms with Crippen LogP contribution in [0.5, 0.6) is 0 Å². The molecular formula is C6H13NO2. The van der Waals surface area contributed by atoms with Crippen LogP contribution in [0.25, 0.3) is 0 Å². The zero-order valence-corrected chi connectivity index (χ0v) is 6.10. The molecule has 9 heavy (non-hydrogen) atoms. The third kappa shape index (κ3) is 5.30. The maximum absolute atomic E-state index is 10.5. The van der Waals surface area contributed by atoms with Crippen molar-refractivity contribution in [3.63, 3.8) is 0 Å². The molecule has 3 heteroatoms. The maximum atomic E-state index is 10.5. The summed E-state index contributed by atoms with van der Waals surface area (Å²) in [5, 5.41) is 0. The quantitative estimate of drug-likeness (QED) is 0.548. The van der Waals surface area contributed by atoms with Crippen molar-refractivity contribution >= 4 is 5.97 Å². The minimum absolute atomic E-state index is 0.262. The van der Waals surface area contributed by atoms with Gasteiger partial charge in [0.05, 0.1) is 13.5 Å². The first kappa shape index (κ1) is 8.43. The van der Waals surface area contributed by atoms with Gasteiger partial charge in [0.15, 0.2) is 0 Å². The second kappa shape index (κ2) is 2.82. The van der Waals surface area contributed by atoms with E-state index in [1.807, 2.05) is 0 Å². The van der Waals surface area contributed by atoms with Gasteiger partial charge in [0.25, 0.3) is 0 Å². The fourth-order valence-corrected chi connectivity index (χ4v) is 0.444. The lowest BCUT2D eigenvalue weighted by Gasteiger charge is -2.15. The number of hydrogen-bond acceptors (Lipinski definition) is 3. The first-order valence-electron chi connectivity index (χ1n) is 2.81. The van der Waals surface area contributed by atoms with E-state index in [0.717, 1.165) is 0 Å². The summed E-state index contributed by atoms with van der Waals surface area (Å²) in [5.74, 6) is -0.262.